The standard InChI is InChI=1S/C34H42N4O4/c1-21(2)25-15-11-16-26(22(3)4)30(25)37-33(42)38-34(5,18-24-19-35-28-17-10-9-14-27(24)28)32(41)36-29(20-39)31(40)23-12-7-6-8-13-23/h6-17,19,21-22,29,31,35,39-40H,18,20H2,1-5H3,(H,36,41)(H2,37,38,42)/t29-,31-,34-/m0/s1. The van der Waals surface area contributed by atoms with Crippen LogP contribution in [0.4, 0.5) is 10.5 Å². The van der Waals surface area contributed by atoms with Gasteiger partial charge in [0, 0.05) is 29.2 Å². The van der Waals surface area contributed by atoms with Gasteiger partial charge in [-0.15, -0.1) is 0 Å². The van der Waals surface area contributed by atoms with Crippen molar-refractivity contribution >= 4 is 28.5 Å². The topological polar surface area (TPSA) is 126 Å². The molecule has 0 bridgehead atoms. The number of aromatic nitrogens is 1. The number of hydrogen-bond donors (Lipinski definition) is 6. The second-order valence-electron chi connectivity index (χ2n) is 11.7. The Morgan fingerprint density at radius 2 is 1.50 bits per heavy atom. The minimum absolute atomic E-state index is 0.165. The van der Waals surface area contributed by atoms with Crippen molar-refractivity contribution in [2.24, 2.45) is 0 Å². The second-order valence-corrected chi connectivity index (χ2v) is 11.7. The molecule has 0 fully saturated rings. The lowest BCUT2D eigenvalue weighted by Crippen LogP contribution is -2.61. The number of hydrogen-bond acceptors (Lipinski definition) is 4. The predicted octanol–water partition coefficient (Wildman–Crippen LogP) is 5.75. The molecule has 3 aromatic carbocycles. The average Bonchev–Trinajstić information content (AvgIpc) is 3.37. The van der Waals surface area contributed by atoms with Crippen LogP contribution in [0.1, 0.15) is 74.8 Å². The largest absolute Gasteiger partial charge is 0.394 e. The van der Waals surface area contributed by atoms with Gasteiger partial charge in [-0.05, 0) is 47.1 Å². The molecule has 4 rings (SSSR count). The van der Waals surface area contributed by atoms with Gasteiger partial charge in [-0.3, -0.25) is 4.79 Å². The van der Waals surface area contributed by atoms with E-state index in [1.807, 2.05) is 54.7 Å². The van der Waals surface area contributed by atoms with Gasteiger partial charge in [-0.2, -0.15) is 0 Å². The van der Waals surface area contributed by atoms with Crippen molar-refractivity contribution in [1.82, 2.24) is 15.6 Å². The summed E-state index contributed by atoms with van der Waals surface area (Å²) in [5.74, 6) is -0.187. The van der Waals surface area contributed by atoms with Crippen molar-refractivity contribution in [2.75, 3.05) is 11.9 Å². The fourth-order valence-corrected chi connectivity index (χ4v) is 5.37. The van der Waals surface area contributed by atoms with Crippen molar-refractivity contribution in [3.63, 3.8) is 0 Å². The van der Waals surface area contributed by atoms with Crippen LogP contribution in [-0.4, -0.2) is 45.3 Å². The third kappa shape index (κ3) is 6.83. The van der Waals surface area contributed by atoms with Gasteiger partial charge in [0.15, 0.2) is 0 Å². The van der Waals surface area contributed by atoms with E-state index < -0.39 is 36.2 Å². The van der Waals surface area contributed by atoms with Crippen LogP contribution in [0.3, 0.4) is 0 Å². The second kappa shape index (κ2) is 13.2. The number of carbonyl (C=O) groups excluding carboxylic acids is 2. The summed E-state index contributed by atoms with van der Waals surface area (Å²) in [6, 6.07) is 21.1. The van der Waals surface area contributed by atoms with Gasteiger partial charge in [0.2, 0.25) is 5.91 Å². The summed E-state index contributed by atoms with van der Waals surface area (Å²) in [5, 5.41) is 30.8. The summed E-state index contributed by atoms with van der Waals surface area (Å²) in [6.45, 7) is 9.46. The lowest BCUT2D eigenvalue weighted by atomic mass is 9.90. The number of nitrogens with one attached hydrogen (secondary N) is 4. The average molecular weight is 571 g/mol. The number of aromatic amines is 1. The summed E-state index contributed by atoms with van der Waals surface area (Å²) in [4.78, 5) is 30.9. The lowest BCUT2D eigenvalue weighted by Gasteiger charge is -2.33. The molecule has 0 saturated heterocycles. The molecular weight excluding hydrogens is 528 g/mol. The highest BCUT2D eigenvalue weighted by Gasteiger charge is 2.38. The Bertz CT molecular complexity index is 1490. The molecule has 0 aliphatic heterocycles. The Hall–Kier alpha value is -4.14. The molecule has 6 N–H and O–H groups in total. The van der Waals surface area contributed by atoms with E-state index in [0.29, 0.717) is 5.56 Å². The molecule has 3 atom stereocenters. The van der Waals surface area contributed by atoms with Crippen LogP contribution in [0.15, 0.2) is 79.0 Å². The molecule has 3 amide bonds. The van der Waals surface area contributed by atoms with Crippen LogP contribution in [0.2, 0.25) is 0 Å². The van der Waals surface area contributed by atoms with Crippen molar-refractivity contribution in [3.8, 4) is 0 Å². The quantitative estimate of drug-likeness (QED) is 0.137. The summed E-state index contributed by atoms with van der Waals surface area (Å²) in [7, 11) is 0. The SMILES string of the molecule is CC(C)c1cccc(C(C)C)c1NC(=O)N[C@@](C)(Cc1c[nH]c2ccccc12)C(=O)N[C@@H](CO)[C@@H](O)c1ccccc1. The number of rotatable bonds is 11. The number of carbonyl (C=O) groups is 2. The highest BCUT2D eigenvalue weighted by atomic mass is 16.3. The molecule has 0 unspecified atom stereocenters. The Morgan fingerprint density at radius 3 is 2.12 bits per heavy atom. The van der Waals surface area contributed by atoms with Gasteiger partial charge in [0.05, 0.1) is 12.6 Å². The van der Waals surface area contributed by atoms with Gasteiger partial charge in [-0.25, -0.2) is 4.79 Å². The number of para-hydroxylation sites is 2. The van der Waals surface area contributed by atoms with Crippen molar-refractivity contribution in [3.05, 3.63) is 101 Å². The summed E-state index contributed by atoms with van der Waals surface area (Å²) in [5.41, 5.74) is 3.63. The smallest absolute Gasteiger partial charge is 0.320 e. The van der Waals surface area contributed by atoms with E-state index in [-0.39, 0.29) is 18.3 Å². The first-order chi connectivity index (χ1) is 20.0. The lowest BCUT2D eigenvalue weighted by molar-refractivity contribution is -0.128. The molecule has 0 aliphatic rings. The maximum atomic E-state index is 14.0. The number of urea groups is 1. The highest BCUT2D eigenvalue weighted by Crippen LogP contribution is 2.32. The molecule has 4 aromatic rings. The zero-order chi connectivity index (χ0) is 30.4. The number of H-pyrrole nitrogens is 1. The van der Waals surface area contributed by atoms with Crippen LogP contribution in [-0.2, 0) is 11.2 Å². The van der Waals surface area contributed by atoms with E-state index in [2.05, 4.69) is 48.6 Å². The first-order valence-electron chi connectivity index (χ1n) is 14.5. The number of amides is 3. The minimum atomic E-state index is -1.44. The molecular formula is C34H42N4O4. The van der Waals surface area contributed by atoms with Crippen LogP contribution in [0.25, 0.3) is 10.9 Å². The van der Waals surface area contributed by atoms with Crippen molar-refractivity contribution in [2.45, 2.75) is 70.6 Å². The van der Waals surface area contributed by atoms with Crippen molar-refractivity contribution in [1.29, 1.82) is 0 Å². The zero-order valence-electron chi connectivity index (χ0n) is 24.9. The Labute approximate surface area is 247 Å². The normalized spacial score (nSPS) is 14.4. The number of fused-ring (bicyclic) bond motifs is 1. The number of aliphatic hydroxyl groups excluding tert-OH is 2. The summed E-state index contributed by atoms with van der Waals surface area (Å²) in [6.07, 6.45) is 0.861. The summed E-state index contributed by atoms with van der Waals surface area (Å²) < 4.78 is 0. The molecule has 222 valence electrons. The molecule has 0 spiro atoms. The Balaban J connectivity index is 1.66. The number of aliphatic hydroxyl groups is 2. The van der Waals surface area contributed by atoms with Crippen LogP contribution >= 0.6 is 0 Å². The molecule has 0 aliphatic carbocycles. The molecule has 0 saturated carbocycles. The monoisotopic (exact) mass is 570 g/mol. The number of anilines is 1. The van der Waals surface area contributed by atoms with Gasteiger partial charge in [0.25, 0.3) is 0 Å². The Morgan fingerprint density at radius 1 is 0.881 bits per heavy atom. The third-order valence-electron chi connectivity index (χ3n) is 7.76. The molecule has 8 nitrogen and oxygen atoms in total. The third-order valence-corrected chi connectivity index (χ3v) is 7.76. The van der Waals surface area contributed by atoms with Gasteiger partial charge in [0.1, 0.15) is 11.6 Å². The first kappa shape index (κ1) is 30.8. The highest BCUT2D eigenvalue weighted by molar-refractivity contribution is 5.97. The van der Waals surface area contributed by atoms with Gasteiger partial charge >= 0.3 is 6.03 Å². The minimum Gasteiger partial charge on any atom is -0.394 e. The maximum absolute atomic E-state index is 14.0. The molecule has 42 heavy (non-hydrogen) atoms. The molecule has 0 radical (unpaired) electrons. The van der Waals surface area contributed by atoms with Crippen LogP contribution in [0.5, 0.6) is 0 Å². The van der Waals surface area contributed by atoms with Gasteiger partial charge < -0.3 is 31.1 Å². The molecule has 1 aromatic heterocycles. The maximum Gasteiger partial charge on any atom is 0.320 e. The van der Waals surface area contributed by atoms with E-state index in [9.17, 15) is 19.8 Å². The first-order valence-corrected chi connectivity index (χ1v) is 14.5. The fourth-order valence-electron chi connectivity index (χ4n) is 5.37. The van der Waals surface area contributed by atoms with Crippen LogP contribution in [0, 0.1) is 0 Å². The van der Waals surface area contributed by atoms with E-state index in [0.717, 1.165) is 33.3 Å². The zero-order valence-corrected chi connectivity index (χ0v) is 24.9. The van der Waals surface area contributed by atoms with Gasteiger partial charge in [-0.1, -0.05) is 94.4 Å². The summed E-state index contributed by atoms with van der Waals surface area (Å²) >= 11 is 0. The predicted molar refractivity (Wildman–Crippen MR) is 168 cm³/mol. The van der Waals surface area contributed by atoms with Crippen LogP contribution < -0.4 is 16.0 Å². The van der Waals surface area contributed by atoms with Crippen molar-refractivity contribution < 1.29 is 19.8 Å². The molecule has 1 heterocycles. The number of benzene rings is 3. The fraction of sp³-hybridized carbons (Fsp3) is 0.353. The Kier molecular flexibility index (Phi) is 9.70. The van der Waals surface area contributed by atoms with E-state index in [4.69, 9.17) is 0 Å². The molecule has 8 heteroatoms. The van der Waals surface area contributed by atoms with E-state index in [1.54, 1.807) is 31.2 Å². The van der Waals surface area contributed by atoms with E-state index >= 15 is 0 Å². The van der Waals surface area contributed by atoms with E-state index in [1.165, 1.54) is 0 Å².